The number of urea groups is 1. The van der Waals surface area contributed by atoms with Gasteiger partial charge in [-0.3, -0.25) is 0 Å². The fraction of sp³-hybridized carbons (Fsp3) is 0.562. The molecule has 0 aliphatic heterocycles. The highest BCUT2D eigenvalue weighted by atomic mass is 16.3. The van der Waals surface area contributed by atoms with Gasteiger partial charge in [0, 0.05) is 38.5 Å². The molecule has 0 aromatic heterocycles. The van der Waals surface area contributed by atoms with Gasteiger partial charge in [-0.2, -0.15) is 0 Å². The summed E-state index contributed by atoms with van der Waals surface area (Å²) in [6, 6.07) is 10.1. The lowest BCUT2D eigenvalue weighted by Gasteiger charge is -2.27. The van der Waals surface area contributed by atoms with Crippen LogP contribution in [0.5, 0.6) is 0 Å². The third kappa shape index (κ3) is 6.49. The van der Waals surface area contributed by atoms with Gasteiger partial charge in [-0.05, 0) is 31.4 Å². The van der Waals surface area contributed by atoms with E-state index in [4.69, 9.17) is 5.11 Å². The van der Waals surface area contributed by atoms with E-state index in [1.54, 1.807) is 0 Å². The van der Waals surface area contributed by atoms with Gasteiger partial charge < -0.3 is 20.6 Å². The predicted octanol–water partition coefficient (Wildman–Crippen LogP) is 1.83. The van der Waals surface area contributed by atoms with Crippen molar-refractivity contribution in [2.45, 2.75) is 26.3 Å². The van der Waals surface area contributed by atoms with E-state index in [1.807, 2.05) is 44.3 Å². The molecule has 0 spiro atoms. The van der Waals surface area contributed by atoms with E-state index in [0.29, 0.717) is 19.5 Å². The van der Waals surface area contributed by atoms with E-state index in [0.717, 1.165) is 5.69 Å². The summed E-state index contributed by atoms with van der Waals surface area (Å²) in [7, 11) is 2.02. The highest BCUT2D eigenvalue weighted by Crippen LogP contribution is 2.13. The number of nitrogens with one attached hydrogen (secondary N) is 2. The summed E-state index contributed by atoms with van der Waals surface area (Å²) in [6.07, 6.45) is 0.702. The summed E-state index contributed by atoms with van der Waals surface area (Å²) in [6.45, 7) is 5.38. The molecular formula is C16H27N3O2. The fourth-order valence-corrected chi connectivity index (χ4v) is 1.95. The number of hydrogen-bond donors (Lipinski definition) is 3. The molecule has 3 N–H and O–H groups in total. The Hall–Kier alpha value is -1.75. The first kappa shape index (κ1) is 17.3. The lowest BCUT2D eigenvalue weighted by Crippen LogP contribution is -2.45. The lowest BCUT2D eigenvalue weighted by molar-refractivity contribution is 0.233. The molecule has 5 nitrogen and oxygen atoms in total. The van der Waals surface area contributed by atoms with Crippen LogP contribution in [0.25, 0.3) is 0 Å². The van der Waals surface area contributed by atoms with Gasteiger partial charge in [0.1, 0.15) is 0 Å². The van der Waals surface area contributed by atoms with Crippen LogP contribution in [0.15, 0.2) is 30.3 Å². The molecule has 0 saturated heterocycles. The van der Waals surface area contributed by atoms with Gasteiger partial charge in [-0.1, -0.05) is 25.1 Å². The molecular weight excluding hydrogens is 266 g/mol. The van der Waals surface area contributed by atoms with Crippen LogP contribution in [0.1, 0.15) is 20.3 Å². The maximum atomic E-state index is 11.7. The maximum Gasteiger partial charge on any atom is 0.314 e. The molecule has 0 heterocycles. The number of aliphatic hydroxyl groups is 1. The third-order valence-electron chi connectivity index (χ3n) is 3.62. The molecule has 21 heavy (non-hydrogen) atoms. The molecule has 1 aromatic rings. The number of anilines is 1. The van der Waals surface area contributed by atoms with Gasteiger partial charge in [0.2, 0.25) is 0 Å². The van der Waals surface area contributed by atoms with Crippen molar-refractivity contribution in [1.82, 2.24) is 10.6 Å². The Labute approximate surface area is 127 Å². The van der Waals surface area contributed by atoms with E-state index >= 15 is 0 Å². The third-order valence-corrected chi connectivity index (χ3v) is 3.62. The minimum absolute atomic E-state index is 0.156. The van der Waals surface area contributed by atoms with Crippen LogP contribution in [0, 0.1) is 5.92 Å². The van der Waals surface area contributed by atoms with E-state index in [2.05, 4.69) is 22.5 Å². The average molecular weight is 293 g/mol. The first-order valence-corrected chi connectivity index (χ1v) is 7.45. The summed E-state index contributed by atoms with van der Waals surface area (Å²) >= 11 is 0. The SMILES string of the molecule is CC(CCO)CNC(=O)NCC(C)N(C)c1ccccc1. The van der Waals surface area contributed by atoms with Crippen molar-refractivity contribution in [1.29, 1.82) is 0 Å². The second-order valence-electron chi connectivity index (χ2n) is 5.50. The molecule has 0 saturated carbocycles. The van der Waals surface area contributed by atoms with Gasteiger partial charge in [-0.25, -0.2) is 4.79 Å². The number of likely N-dealkylation sites (N-methyl/N-ethyl adjacent to an activating group) is 1. The van der Waals surface area contributed by atoms with E-state index in [9.17, 15) is 4.79 Å². The zero-order chi connectivity index (χ0) is 15.7. The van der Waals surface area contributed by atoms with Gasteiger partial charge >= 0.3 is 6.03 Å². The molecule has 0 aliphatic rings. The van der Waals surface area contributed by atoms with Gasteiger partial charge in [0.05, 0.1) is 0 Å². The van der Waals surface area contributed by atoms with Crippen molar-refractivity contribution in [3.8, 4) is 0 Å². The number of rotatable bonds is 8. The Balaban J connectivity index is 2.29. The summed E-state index contributed by atoms with van der Waals surface area (Å²) in [4.78, 5) is 13.8. The zero-order valence-electron chi connectivity index (χ0n) is 13.2. The summed E-state index contributed by atoms with van der Waals surface area (Å²) < 4.78 is 0. The topological polar surface area (TPSA) is 64.6 Å². The van der Waals surface area contributed by atoms with Crippen LogP contribution in [0.4, 0.5) is 10.5 Å². The van der Waals surface area contributed by atoms with E-state index in [1.165, 1.54) is 0 Å². The molecule has 2 unspecified atom stereocenters. The Bertz CT molecular complexity index is 411. The van der Waals surface area contributed by atoms with Crippen molar-refractivity contribution in [3.63, 3.8) is 0 Å². The number of carbonyl (C=O) groups excluding carboxylic acids is 1. The lowest BCUT2D eigenvalue weighted by atomic mass is 10.1. The quantitative estimate of drug-likeness (QED) is 0.685. The monoisotopic (exact) mass is 293 g/mol. The van der Waals surface area contributed by atoms with Gasteiger partial charge in [0.15, 0.2) is 0 Å². The second kappa shape index (κ2) is 9.23. The number of amides is 2. The maximum absolute atomic E-state index is 11.7. The Morgan fingerprint density at radius 1 is 1.19 bits per heavy atom. The minimum Gasteiger partial charge on any atom is -0.396 e. The van der Waals surface area contributed by atoms with Crippen LogP contribution in [-0.2, 0) is 0 Å². The molecule has 0 radical (unpaired) electrons. The van der Waals surface area contributed by atoms with Gasteiger partial charge in [0.25, 0.3) is 0 Å². The fourth-order valence-electron chi connectivity index (χ4n) is 1.95. The number of nitrogens with zero attached hydrogens (tertiary/aromatic N) is 1. The number of hydrogen-bond acceptors (Lipinski definition) is 3. The number of para-hydroxylation sites is 1. The number of benzene rings is 1. The molecule has 5 heteroatoms. The molecule has 1 rings (SSSR count). The standard InChI is InChI=1S/C16H27N3O2/c1-13(9-10-20)11-17-16(21)18-12-14(2)19(3)15-7-5-4-6-8-15/h4-8,13-14,20H,9-12H2,1-3H3,(H2,17,18,21). The Morgan fingerprint density at radius 2 is 1.81 bits per heavy atom. The Kier molecular flexibility index (Phi) is 7.61. The molecule has 2 amide bonds. The van der Waals surface area contributed by atoms with Crippen molar-refractivity contribution >= 4 is 11.7 Å². The molecule has 2 atom stereocenters. The van der Waals surface area contributed by atoms with Crippen LogP contribution in [-0.4, -0.2) is 43.9 Å². The van der Waals surface area contributed by atoms with Crippen molar-refractivity contribution < 1.29 is 9.90 Å². The molecule has 1 aromatic carbocycles. The molecule has 0 fully saturated rings. The first-order chi connectivity index (χ1) is 10.0. The molecule has 118 valence electrons. The largest absolute Gasteiger partial charge is 0.396 e. The highest BCUT2D eigenvalue weighted by Gasteiger charge is 2.11. The molecule has 0 bridgehead atoms. The van der Waals surface area contributed by atoms with E-state index < -0.39 is 0 Å². The number of carbonyl (C=O) groups is 1. The Morgan fingerprint density at radius 3 is 2.43 bits per heavy atom. The van der Waals surface area contributed by atoms with Crippen LogP contribution in [0.3, 0.4) is 0 Å². The van der Waals surface area contributed by atoms with Crippen LogP contribution >= 0.6 is 0 Å². The minimum atomic E-state index is -0.159. The smallest absolute Gasteiger partial charge is 0.314 e. The summed E-state index contributed by atoms with van der Waals surface area (Å²) in [5, 5.41) is 14.5. The molecule has 0 aliphatic carbocycles. The van der Waals surface area contributed by atoms with E-state index in [-0.39, 0.29) is 24.6 Å². The summed E-state index contributed by atoms with van der Waals surface area (Å²) in [5.74, 6) is 0.283. The predicted molar refractivity (Wildman–Crippen MR) is 86.6 cm³/mol. The van der Waals surface area contributed by atoms with Crippen molar-refractivity contribution in [2.24, 2.45) is 5.92 Å². The average Bonchev–Trinajstić information content (AvgIpc) is 2.51. The first-order valence-electron chi connectivity index (χ1n) is 7.45. The van der Waals surface area contributed by atoms with Crippen molar-refractivity contribution in [2.75, 3.05) is 31.6 Å². The van der Waals surface area contributed by atoms with Crippen LogP contribution < -0.4 is 15.5 Å². The van der Waals surface area contributed by atoms with Crippen molar-refractivity contribution in [3.05, 3.63) is 30.3 Å². The van der Waals surface area contributed by atoms with Gasteiger partial charge in [-0.15, -0.1) is 0 Å². The number of aliphatic hydroxyl groups excluding tert-OH is 1. The zero-order valence-corrected chi connectivity index (χ0v) is 13.2. The normalized spacial score (nSPS) is 13.3. The summed E-state index contributed by atoms with van der Waals surface area (Å²) in [5.41, 5.74) is 1.13. The second-order valence-corrected chi connectivity index (χ2v) is 5.50. The highest BCUT2D eigenvalue weighted by molar-refractivity contribution is 5.73. The van der Waals surface area contributed by atoms with Crippen LogP contribution in [0.2, 0.25) is 0 Å².